The normalized spacial score (nSPS) is 14.1. The van der Waals surface area contributed by atoms with Crippen LogP contribution in [0.4, 0.5) is 0 Å². The van der Waals surface area contributed by atoms with Crippen LogP contribution in [-0.2, 0) is 0 Å². The summed E-state index contributed by atoms with van der Waals surface area (Å²) in [5.41, 5.74) is -0.534. The zero-order valence-corrected chi connectivity index (χ0v) is 15.2. The molecule has 0 atom stereocenters. The molecule has 0 fully saturated rings. The van der Waals surface area contributed by atoms with E-state index in [-0.39, 0.29) is 27.6 Å². The summed E-state index contributed by atoms with van der Waals surface area (Å²) < 4.78 is 6.64. The van der Waals surface area contributed by atoms with Crippen molar-refractivity contribution in [3.63, 3.8) is 0 Å². The van der Waals surface area contributed by atoms with Gasteiger partial charge in [0.25, 0.3) is 0 Å². The largest absolute Gasteiger partial charge is 0.508 e. The van der Waals surface area contributed by atoms with Crippen LogP contribution in [0, 0.1) is 16.2 Å². The minimum absolute atomic E-state index is 0.0542. The summed E-state index contributed by atoms with van der Waals surface area (Å²) in [5.74, 6) is 1.06. The second-order valence-corrected chi connectivity index (χ2v) is 9.03. The van der Waals surface area contributed by atoms with Crippen molar-refractivity contribution in [2.45, 2.75) is 67.9 Å². The summed E-state index contributed by atoms with van der Waals surface area (Å²) in [6.45, 7) is 20.2. The average molecular weight is 292 g/mol. The Balaban J connectivity index is 3.47. The summed E-state index contributed by atoms with van der Waals surface area (Å²) in [4.78, 5) is 0. The molecule has 1 rings (SSSR count). The van der Waals surface area contributed by atoms with Crippen molar-refractivity contribution in [2.24, 2.45) is 16.2 Å². The topological polar surface area (TPSA) is 29.5 Å². The van der Waals surface area contributed by atoms with Crippen molar-refractivity contribution in [2.75, 3.05) is 0 Å². The Bertz CT molecular complexity index is 428. The minimum atomic E-state index is -0.371. The Morgan fingerprint density at radius 3 is 1.29 bits per heavy atom. The highest BCUT2D eigenvalue weighted by Gasteiger charge is 2.60. The van der Waals surface area contributed by atoms with E-state index in [0.29, 0.717) is 0 Å². The molecule has 0 saturated carbocycles. The molecule has 0 bridgehead atoms. The maximum Gasteiger partial charge on any atom is 0.123 e. The molecule has 0 amide bonds. The Morgan fingerprint density at radius 1 is 0.667 bits per heavy atom. The molecular weight excluding hydrogens is 260 g/mol. The SMILES string of the molecule is CC(C)(C)C(Oc1ccc(O)cc1)(C(C)(C)C)C(C)(C)C. The molecule has 0 aliphatic rings. The number of ether oxygens (including phenoxy) is 1. The van der Waals surface area contributed by atoms with Crippen molar-refractivity contribution in [1.29, 1.82) is 0 Å². The quantitative estimate of drug-likeness (QED) is 0.763. The number of benzene rings is 1. The molecule has 2 nitrogen and oxygen atoms in total. The lowest BCUT2D eigenvalue weighted by molar-refractivity contribution is -0.183. The van der Waals surface area contributed by atoms with Crippen molar-refractivity contribution in [1.82, 2.24) is 0 Å². The molecule has 0 aliphatic carbocycles. The summed E-state index contributed by atoms with van der Waals surface area (Å²) >= 11 is 0. The molecule has 0 unspecified atom stereocenters. The van der Waals surface area contributed by atoms with E-state index in [1.807, 2.05) is 12.1 Å². The van der Waals surface area contributed by atoms with Gasteiger partial charge in [0, 0.05) is 16.2 Å². The highest BCUT2D eigenvalue weighted by molar-refractivity contribution is 5.31. The van der Waals surface area contributed by atoms with Crippen LogP contribution in [0.3, 0.4) is 0 Å². The second kappa shape index (κ2) is 5.23. The van der Waals surface area contributed by atoms with Gasteiger partial charge >= 0.3 is 0 Å². The summed E-state index contributed by atoms with van der Waals surface area (Å²) in [5, 5.41) is 9.48. The van der Waals surface area contributed by atoms with Gasteiger partial charge in [-0.05, 0) is 24.3 Å². The van der Waals surface area contributed by atoms with Gasteiger partial charge in [-0.3, -0.25) is 0 Å². The zero-order chi connectivity index (χ0) is 16.7. The van der Waals surface area contributed by atoms with Crippen molar-refractivity contribution in [3.8, 4) is 11.5 Å². The van der Waals surface area contributed by atoms with E-state index in [1.54, 1.807) is 12.1 Å². The summed E-state index contributed by atoms with van der Waals surface area (Å²) in [6.07, 6.45) is 0. The maximum absolute atomic E-state index is 9.48. The van der Waals surface area contributed by atoms with E-state index in [4.69, 9.17) is 4.74 Å². The lowest BCUT2D eigenvalue weighted by Crippen LogP contribution is -2.65. The molecule has 0 spiro atoms. The van der Waals surface area contributed by atoms with E-state index < -0.39 is 0 Å². The molecule has 1 N–H and O–H groups in total. The Labute approximate surface area is 130 Å². The van der Waals surface area contributed by atoms with Crippen LogP contribution in [0.5, 0.6) is 11.5 Å². The van der Waals surface area contributed by atoms with Gasteiger partial charge in [-0.25, -0.2) is 0 Å². The molecule has 1 aromatic carbocycles. The molecule has 120 valence electrons. The summed E-state index contributed by atoms with van der Waals surface area (Å²) in [6, 6.07) is 7.03. The zero-order valence-electron chi connectivity index (χ0n) is 15.2. The average Bonchev–Trinajstić information content (AvgIpc) is 2.22. The van der Waals surface area contributed by atoms with Gasteiger partial charge in [0.15, 0.2) is 0 Å². The first-order valence-corrected chi connectivity index (χ1v) is 7.70. The van der Waals surface area contributed by atoms with Gasteiger partial charge < -0.3 is 9.84 Å². The fraction of sp³-hybridized carbons (Fsp3) is 0.684. The Hall–Kier alpha value is -1.18. The maximum atomic E-state index is 9.48. The number of phenols is 1. The second-order valence-electron chi connectivity index (χ2n) is 9.03. The molecular formula is C19H32O2. The van der Waals surface area contributed by atoms with Gasteiger partial charge in [0.1, 0.15) is 17.1 Å². The molecule has 0 aromatic heterocycles. The third kappa shape index (κ3) is 3.20. The highest BCUT2D eigenvalue weighted by atomic mass is 16.5. The van der Waals surface area contributed by atoms with Gasteiger partial charge in [-0.15, -0.1) is 0 Å². The van der Waals surface area contributed by atoms with E-state index in [9.17, 15) is 5.11 Å². The molecule has 0 heterocycles. The number of aromatic hydroxyl groups is 1. The van der Waals surface area contributed by atoms with Crippen LogP contribution >= 0.6 is 0 Å². The Morgan fingerprint density at radius 2 is 1.00 bits per heavy atom. The van der Waals surface area contributed by atoms with Crippen LogP contribution in [-0.4, -0.2) is 10.7 Å². The van der Waals surface area contributed by atoms with Crippen LogP contribution in [0.25, 0.3) is 0 Å². The van der Waals surface area contributed by atoms with E-state index in [0.717, 1.165) is 5.75 Å². The first kappa shape index (κ1) is 17.9. The molecule has 2 heteroatoms. The van der Waals surface area contributed by atoms with Crippen LogP contribution in [0.2, 0.25) is 0 Å². The van der Waals surface area contributed by atoms with E-state index in [2.05, 4.69) is 62.3 Å². The molecule has 0 radical (unpaired) electrons. The predicted octanol–water partition coefficient (Wildman–Crippen LogP) is 5.65. The standard InChI is InChI=1S/C19H32O2/c1-16(2,3)19(17(4,5)6,18(7,8)9)21-15-12-10-14(20)11-13-15/h10-13,20H,1-9H3. The van der Waals surface area contributed by atoms with Gasteiger partial charge in [-0.2, -0.15) is 0 Å². The molecule has 0 saturated heterocycles. The van der Waals surface area contributed by atoms with Crippen LogP contribution in [0.1, 0.15) is 62.3 Å². The highest BCUT2D eigenvalue weighted by Crippen LogP contribution is 2.56. The fourth-order valence-corrected chi connectivity index (χ4v) is 4.53. The third-order valence-electron chi connectivity index (χ3n) is 4.28. The number of hydrogen-bond donors (Lipinski definition) is 1. The van der Waals surface area contributed by atoms with Crippen molar-refractivity contribution in [3.05, 3.63) is 24.3 Å². The lowest BCUT2D eigenvalue weighted by atomic mass is 9.52. The van der Waals surface area contributed by atoms with Crippen molar-refractivity contribution >= 4 is 0 Å². The smallest absolute Gasteiger partial charge is 0.123 e. The van der Waals surface area contributed by atoms with Crippen LogP contribution < -0.4 is 4.74 Å². The van der Waals surface area contributed by atoms with Gasteiger partial charge in [0.05, 0.1) is 0 Å². The number of rotatable bonds is 2. The fourth-order valence-electron chi connectivity index (χ4n) is 4.53. The van der Waals surface area contributed by atoms with Gasteiger partial charge in [-0.1, -0.05) is 62.3 Å². The third-order valence-corrected chi connectivity index (χ3v) is 4.28. The molecule has 0 aliphatic heterocycles. The van der Waals surface area contributed by atoms with Gasteiger partial charge in [0.2, 0.25) is 0 Å². The monoisotopic (exact) mass is 292 g/mol. The first-order valence-electron chi connectivity index (χ1n) is 7.70. The Kier molecular flexibility index (Phi) is 4.45. The summed E-state index contributed by atoms with van der Waals surface area (Å²) in [7, 11) is 0. The molecule has 21 heavy (non-hydrogen) atoms. The minimum Gasteiger partial charge on any atom is -0.508 e. The number of phenolic OH excluding ortho intramolecular Hbond substituents is 1. The van der Waals surface area contributed by atoms with E-state index >= 15 is 0 Å². The predicted molar refractivity (Wildman–Crippen MR) is 89.8 cm³/mol. The van der Waals surface area contributed by atoms with Crippen molar-refractivity contribution < 1.29 is 9.84 Å². The first-order chi connectivity index (χ1) is 9.22. The van der Waals surface area contributed by atoms with E-state index in [1.165, 1.54) is 0 Å². The molecule has 1 aromatic rings. The van der Waals surface area contributed by atoms with Crippen LogP contribution in [0.15, 0.2) is 24.3 Å². The number of hydrogen-bond acceptors (Lipinski definition) is 2. The lowest BCUT2D eigenvalue weighted by Gasteiger charge is -2.60.